The molecule has 1 aromatic heterocycles. The largest absolute Gasteiger partial charge is 0.468 e. The lowest BCUT2D eigenvalue weighted by Gasteiger charge is -2.13. The predicted octanol–water partition coefficient (Wildman–Crippen LogP) is 4.21. The van der Waals surface area contributed by atoms with E-state index in [9.17, 15) is 4.39 Å². The zero-order chi connectivity index (χ0) is 13.3. The van der Waals surface area contributed by atoms with Crippen LogP contribution in [0.3, 0.4) is 0 Å². The molecule has 1 heterocycles. The van der Waals surface area contributed by atoms with Crippen LogP contribution in [0.1, 0.15) is 29.9 Å². The molecule has 0 radical (unpaired) electrons. The van der Waals surface area contributed by atoms with E-state index in [1.54, 1.807) is 24.9 Å². The van der Waals surface area contributed by atoms with Crippen LogP contribution >= 0.6 is 11.8 Å². The van der Waals surface area contributed by atoms with Crippen LogP contribution in [-0.2, 0) is 0 Å². The average Bonchev–Trinajstić information content (AvgIpc) is 2.69. The normalized spacial score (nSPS) is 12.7. The molecule has 0 bridgehead atoms. The van der Waals surface area contributed by atoms with E-state index < -0.39 is 0 Å². The maximum atomic E-state index is 13.6. The molecule has 1 atom stereocenters. The van der Waals surface area contributed by atoms with E-state index in [0.29, 0.717) is 5.56 Å². The summed E-state index contributed by atoms with van der Waals surface area (Å²) in [5, 5.41) is 0. The van der Waals surface area contributed by atoms with Crippen molar-refractivity contribution in [1.29, 1.82) is 0 Å². The van der Waals surface area contributed by atoms with Gasteiger partial charge in [-0.25, -0.2) is 4.39 Å². The second-order valence-electron chi connectivity index (χ2n) is 4.37. The van der Waals surface area contributed by atoms with Crippen LogP contribution in [0.4, 0.5) is 4.39 Å². The minimum absolute atomic E-state index is 0.199. The molecule has 2 aromatic rings. The molecular weight excluding hydrogens is 249 g/mol. The standard InChI is InChI=1S/C14H16FNOS/c1-8-6-14(11(9(2)16)7-12(8)15)18-13-4-5-17-10(13)3/h4-7,9H,16H2,1-3H3/t9-/m1/s1. The van der Waals surface area contributed by atoms with Gasteiger partial charge in [0.2, 0.25) is 0 Å². The van der Waals surface area contributed by atoms with Gasteiger partial charge in [0.1, 0.15) is 11.6 Å². The highest BCUT2D eigenvalue weighted by Gasteiger charge is 2.13. The quantitative estimate of drug-likeness (QED) is 0.903. The fraction of sp³-hybridized carbons (Fsp3) is 0.286. The van der Waals surface area contributed by atoms with Gasteiger partial charge in [-0.15, -0.1) is 0 Å². The highest BCUT2D eigenvalue weighted by atomic mass is 32.2. The number of benzene rings is 1. The van der Waals surface area contributed by atoms with Gasteiger partial charge < -0.3 is 10.2 Å². The third kappa shape index (κ3) is 2.60. The molecule has 2 nitrogen and oxygen atoms in total. The van der Waals surface area contributed by atoms with Gasteiger partial charge in [0.05, 0.1) is 11.2 Å². The Kier molecular flexibility index (Phi) is 3.78. The van der Waals surface area contributed by atoms with Crippen molar-refractivity contribution in [2.24, 2.45) is 5.73 Å². The molecule has 0 aliphatic heterocycles. The van der Waals surface area contributed by atoms with Gasteiger partial charge in [-0.2, -0.15) is 0 Å². The van der Waals surface area contributed by atoms with Gasteiger partial charge in [-0.05, 0) is 50.1 Å². The molecule has 4 heteroatoms. The number of furan rings is 1. The Morgan fingerprint density at radius 3 is 2.56 bits per heavy atom. The van der Waals surface area contributed by atoms with Crippen molar-refractivity contribution < 1.29 is 8.81 Å². The lowest BCUT2D eigenvalue weighted by Crippen LogP contribution is -2.07. The van der Waals surface area contributed by atoms with Crippen molar-refractivity contribution in [1.82, 2.24) is 0 Å². The fourth-order valence-corrected chi connectivity index (χ4v) is 2.86. The summed E-state index contributed by atoms with van der Waals surface area (Å²) in [6.07, 6.45) is 1.65. The zero-order valence-corrected chi connectivity index (χ0v) is 11.5. The summed E-state index contributed by atoms with van der Waals surface area (Å²) >= 11 is 1.56. The minimum atomic E-state index is -0.212. The predicted molar refractivity (Wildman–Crippen MR) is 71.3 cm³/mol. The lowest BCUT2D eigenvalue weighted by molar-refractivity contribution is 0.527. The zero-order valence-electron chi connectivity index (χ0n) is 10.7. The molecule has 0 saturated heterocycles. The van der Waals surface area contributed by atoms with Crippen molar-refractivity contribution in [2.75, 3.05) is 0 Å². The second kappa shape index (κ2) is 5.16. The Morgan fingerprint density at radius 2 is 2.00 bits per heavy atom. The van der Waals surface area contributed by atoms with Crippen LogP contribution in [-0.4, -0.2) is 0 Å². The molecule has 0 fully saturated rings. The summed E-state index contributed by atoms with van der Waals surface area (Å²) in [5.74, 6) is 0.646. The summed E-state index contributed by atoms with van der Waals surface area (Å²) in [4.78, 5) is 2.01. The van der Waals surface area contributed by atoms with E-state index >= 15 is 0 Å². The summed E-state index contributed by atoms with van der Waals surface area (Å²) in [6.45, 7) is 5.52. The van der Waals surface area contributed by atoms with Gasteiger partial charge in [-0.1, -0.05) is 11.8 Å². The summed E-state index contributed by atoms with van der Waals surface area (Å²) in [7, 11) is 0. The van der Waals surface area contributed by atoms with E-state index in [0.717, 1.165) is 21.1 Å². The number of hydrogen-bond donors (Lipinski definition) is 1. The number of rotatable bonds is 3. The number of aryl methyl sites for hydroxylation is 2. The SMILES string of the molecule is Cc1cc(Sc2ccoc2C)c([C@@H](C)N)cc1F. The molecular formula is C14H16FNOS. The van der Waals surface area contributed by atoms with Gasteiger partial charge in [0.25, 0.3) is 0 Å². The van der Waals surface area contributed by atoms with Crippen LogP contribution in [0, 0.1) is 19.7 Å². The van der Waals surface area contributed by atoms with Crippen molar-refractivity contribution in [2.45, 2.75) is 36.6 Å². The first kappa shape index (κ1) is 13.2. The topological polar surface area (TPSA) is 39.2 Å². The Bertz CT molecular complexity index is 563. The smallest absolute Gasteiger partial charge is 0.126 e. The van der Waals surface area contributed by atoms with E-state index in [4.69, 9.17) is 10.2 Å². The molecule has 0 spiro atoms. The molecule has 0 saturated carbocycles. The molecule has 0 aliphatic carbocycles. The lowest BCUT2D eigenvalue weighted by atomic mass is 10.1. The number of nitrogens with two attached hydrogens (primary N) is 1. The summed E-state index contributed by atoms with van der Waals surface area (Å²) in [6, 6.07) is 5.07. The van der Waals surface area contributed by atoms with E-state index in [1.165, 1.54) is 6.07 Å². The van der Waals surface area contributed by atoms with Crippen LogP contribution in [0.5, 0.6) is 0 Å². The Balaban J connectivity index is 2.43. The highest BCUT2D eigenvalue weighted by Crippen LogP contribution is 2.36. The summed E-state index contributed by atoms with van der Waals surface area (Å²) < 4.78 is 18.9. The molecule has 2 rings (SSSR count). The molecule has 96 valence electrons. The van der Waals surface area contributed by atoms with Crippen LogP contribution in [0.15, 0.2) is 38.7 Å². The first-order valence-corrected chi connectivity index (χ1v) is 6.58. The van der Waals surface area contributed by atoms with E-state index in [2.05, 4.69) is 0 Å². The molecule has 0 amide bonds. The molecule has 0 unspecified atom stereocenters. The third-order valence-corrected chi connectivity index (χ3v) is 4.03. The first-order valence-electron chi connectivity index (χ1n) is 5.76. The van der Waals surface area contributed by atoms with Gasteiger partial charge in [0.15, 0.2) is 0 Å². The maximum absolute atomic E-state index is 13.6. The molecule has 18 heavy (non-hydrogen) atoms. The highest BCUT2D eigenvalue weighted by molar-refractivity contribution is 7.99. The molecule has 2 N–H and O–H groups in total. The molecule has 1 aromatic carbocycles. The second-order valence-corrected chi connectivity index (χ2v) is 5.45. The van der Waals surface area contributed by atoms with Crippen molar-refractivity contribution in [3.05, 3.63) is 47.2 Å². The van der Waals surface area contributed by atoms with Gasteiger partial charge >= 0.3 is 0 Å². The monoisotopic (exact) mass is 265 g/mol. The first-order chi connectivity index (χ1) is 8.49. The maximum Gasteiger partial charge on any atom is 0.126 e. The minimum Gasteiger partial charge on any atom is -0.468 e. The van der Waals surface area contributed by atoms with Crippen molar-refractivity contribution in [3.8, 4) is 0 Å². The van der Waals surface area contributed by atoms with E-state index in [1.807, 2.05) is 26.0 Å². The van der Waals surface area contributed by atoms with Gasteiger partial charge in [-0.3, -0.25) is 0 Å². The summed E-state index contributed by atoms with van der Waals surface area (Å²) in [5.41, 5.74) is 7.35. The van der Waals surface area contributed by atoms with Crippen LogP contribution < -0.4 is 5.73 Å². The average molecular weight is 265 g/mol. The third-order valence-electron chi connectivity index (χ3n) is 2.81. The van der Waals surface area contributed by atoms with E-state index in [-0.39, 0.29) is 11.9 Å². The Labute approximate surface area is 110 Å². The van der Waals surface area contributed by atoms with Gasteiger partial charge in [0, 0.05) is 10.9 Å². The van der Waals surface area contributed by atoms with Crippen molar-refractivity contribution in [3.63, 3.8) is 0 Å². The molecule has 0 aliphatic rings. The van der Waals surface area contributed by atoms with Crippen LogP contribution in [0.25, 0.3) is 0 Å². The Hall–Kier alpha value is -1.26. The van der Waals surface area contributed by atoms with Crippen molar-refractivity contribution >= 4 is 11.8 Å². The van der Waals surface area contributed by atoms with Crippen LogP contribution in [0.2, 0.25) is 0 Å². The Morgan fingerprint density at radius 1 is 1.28 bits per heavy atom. The number of hydrogen-bond acceptors (Lipinski definition) is 3. The number of halogens is 1. The fourth-order valence-electron chi connectivity index (χ4n) is 1.71.